The molecular formula is C20H22ClN3O2. The number of halogens is 1. The van der Waals surface area contributed by atoms with Crippen molar-refractivity contribution in [2.75, 3.05) is 19.6 Å². The zero-order valence-corrected chi connectivity index (χ0v) is 15.3. The van der Waals surface area contributed by atoms with E-state index in [-0.39, 0.29) is 11.9 Å². The van der Waals surface area contributed by atoms with Crippen LogP contribution in [0.25, 0.3) is 0 Å². The van der Waals surface area contributed by atoms with E-state index < -0.39 is 0 Å². The number of amides is 1. The fourth-order valence-electron chi connectivity index (χ4n) is 3.83. The molecule has 0 spiro atoms. The molecule has 1 N–H and O–H groups in total. The Morgan fingerprint density at radius 3 is 2.65 bits per heavy atom. The Hall–Kier alpha value is -2.11. The van der Waals surface area contributed by atoms with Gasteiger partial charge in [-0.15, -0.1) is 0 Å². The van der Waals surface area contributed by atoms with Gasteiger partial charge in [0.15, 0.2) is 0 Å². The van der Waals surface area contributed by atoms with E-state index in [2.05, 4.69) is 15.2 Å². The van der Waals surface area contributed by atoms with E-state index in [9.17, 15) is 4.79 Å². The summed E-state index contributed by atoms with van der Waals surface area (Å²) in [7, 11) is 0. The number of rotatable bonds is 4. The molecule has 1 aromatic carbocycles. The summed E-state index contributed by atoms with van der Waals surface area (Å²) in [5, 5.41) is 3.72. The first-order chi connectivity index (χ1) is 12.7. The first-order valence-corrected chi connectivity index (χ1v) is 9.45. The molecule has 1 unspecified atom stereocenters. The van der Waals surface area contributed by atoms with Gasteiger partial charge in [0, 0.05) is 30.4 Å². The summed E-state index contributed by atoms with van der Waals surface area (Å²) in [6.07, 6.45) is 6.76. The summed E-state index contributed by atoms with van der Waals surface area (Å²) in [6, 6.07) is 9.09. The number of aromatic nitrogens is 1. The number of pyridine rings is 1. The molecule has 0 aliphatic carbocycles. The molecule has 6 heteroatoms. The minimum absolute atomic E-state index is 0.0199. The normalized spacial score (nSPS) is 24.7. The minimum atomic E-state index is -0.0199. The fraction of sp³-hybridized carbons (Fsp3) is 0.400. The smallest absolute Gasteiger partial charge is 0.251 e. The highest BCUT2D eigenvalue weighted by molar-refractivity contribution is 6.30. The largest absolute Gasteiger partial charge is 0.456 e. The van der Waals surface area contributed by atoms with Crippen LogP contribution in [0.2, 0.25) is 5.02 Å². The predicted molar refractivity (Wildman–Crippen MR) is 101 cm³/mol. The number of piperidine rings is 1. The van der Waals surface area contributed by atoms with Gasteiger partial charge < -0.3 is 15.0 Å². The van der Waals surface area contributed by atoms with Crippen molar-refractivity contribution in [3.05, 3.63) is 53.3 Å². The van der Waals surface area contributed by atoms with Crippen molar-refractivity contribution in [2.45, 2.75) is 25.3 Å². The van der Waals surface area contributed by atoms with Crippen LogP contribution >= 0.6 is 11.6 Å². The van der Waals surface area contributed by atoms with Crippen LogP contribution in [0.5, 0.6) is 11.5 Å². The number of hydrogen-bond acceptors (Lipinski definition) is 4. The summed E-state index contributed by atoms with van der Waals surface area (Å²) in [5.74, 6) is 1.94. The molecule has 1 amide bonds. The molecule has 5 rings (SSSR count). The van der Waals surface area contributed by atoms with Crippen molar-refractivity contribution >= 4 is 17.5 Å². The third-order valence-corrected chi connectivity index (χ3v) is 5.38. The van der Waals surface area contributed by atoms with Gasteiger partial charge in [-0.05, 0) is 62.5 Å². The van der Waals surface area contributed by atoms with Crippen molar-refractivity contribution in [3.8, 4) is 11.5 Å². The Labute approximate surface area is 158 Å². The molecule has 3 saturated heterocycles. The molecule has 2 bridgehead atoms. The van der Waals surface area contributed by atoms with Gasteiger partial charge in [-0.25, -0.2) is 0 Å². The van der Waals surface area contributed by atoms with Crippen molar-refractivity contribution in [3.63, 3.8) is 0 Å². The zero-order valence-electron chi connectivity index (χ0n) is 14.5. The summed E-state index contributed by atoms with van der Waals surface area (Å²) < 4.78 is 5.71. The number of hydrogen-bond donors (Lipinski definition) is 1. The van der Waals surface area contributed by atoms with Gasteiger partial charge in [-0.3, -0.25) is 9.78 Å². The van der Waals surface area contributed by atoms with E-state index in [1.54, 1.807) is 42.7 Å². The van der Waals surface area contributed by atoms with Crippen LogP contribution in [0, 0.1) is 5.92 Å². The molecule has 0 saturated carbocycles. The van der Waals surface area contributed by atoms with E-state index in [4.69, 9.17) is 16.3 Å². The molecule has 0 radical (unpaired) electrons. The Bertz CT molecular complexity index is 759. The molecule has 5 nitrogen and oxygen atoms in total. The number of benzene rings is 1. The van der Waals surface area contributed by atoms with Gasteiger partial charge in [0.1, 0.15) is 11.5 Å². The lowest BCUT2D eigenvalue weighted by atomic mass is 9.94. The Morgan fingerprint density at radius 1 is 1.15 bits per heavy atom. The lowest BCUT2D eigenvalue weighted by Crippen LogP contribution is -2.41. The minimum Gasteiger partial charge on any atom is -0.456 e. The number of fused-ring (bicyclic) bond motifs is 4. The fourth-order valence-corrected chi connectivity index (χ4v) is 3.99. The van der Waals surface area contributed by atoms with Crippen LogP contribution in [-0.2, 0) is 0 Å². The maximum atomic E-state index is 12.6. The average molecular weight is 372 g/mol. The molecule has 3 aliphatic heterocycles. The quantitative estimate of drug-likeness (QED) is 0.889. The van der Waals surface area contributed by atoms with Crippen molar-refractivity contribution in [2.24, 2.45) is 5.92 Å². The second kappa shape index (κ2) is 7.64. The number of carbonyl (C=O) groups excluding carboxylic acids is 1. The highest BCUT2D eigenvalue weighted by Crippen LogP contribution is 2.27. The Morgan fingerprint density at radius 2 is 1.92 bits per heavy atom. The first kappa shape index (κ1) is 17.3. The van der Waals surface area contributed by atoms with Gasteiger partial charge >= 0.3 is 0 Å². The third-order valence-electron chi connectivity index (χ3n) is 5.17. The van der Waals surface area contributed by atoms with Gasteiger partial charge in [0.2, 0.25) is 0 Å². The van der Waals surface area contributed by atoms with Crippen LogP contribution in [-0.4, -0.2) is 41.5 Å². The number of carbonyl (C=O) groups is 1. The van der Waals surface area contributed by atoms with Crippen LogP contribution in [0.1, 0.15) is 29.6 Å². The summed E-state index contributed by atoms with van der Waals surface area (Å²) in [5.41, 5.74) is 0.646. The van der Waals surface area contributed by atoms with Crippen LogP contribution < -0.4 is 10.1 Å². The second-order valence-corrected chi connectivity index (χ2v) is 7.55. The summed E-state index contributed by atoms with van der Waals surface area (Å²) in [4.78, 5) is 19.0. The zero-order chi connectivity index (χ0) is 17.9. The lowest BCUT2D eigenvalue weighted by molar-refractivity contribution is 0.0929. The molecule has 3 aliphatic rings. The monoisotopic (exact) mass is 371 g/mol. The highest BCUT2D eigenvalue weighted by Gasteiger charge is 2.29. The molecule has 26 heavy (non-hydrogen) atoms. The molecule has 2 aromatic rings. The summed E-state index contributed by atoms with van der Waals surface area (Å²) in [6.45, 7) is 3.30. The molecule has 1 aromatic heterocycles. The van der Waals surface area contributed by atoms with E-state index in [1.165, 1.54) is 25.9 Å². The third kappa shape index (κ3) is 4.17. The van der Waals surface area contributed by atoms with E-state index in [0.29, 0.717) is 22.1 Å². The van der Waals surface area contributed by atoms with E-state index in [1.807, 2.05) is 0 Å². The SMILES string of the molecule is O=C(NC1CC2CCN(CC2)C1)c1ccc(Oc2cncc(Cl)c2)cc1. The predicted octanol–water partition coefficient (Wildman–Crippen LogP) is 3.74. The number of nitrogens with one attached hydrogen (secondary N) is 1. The van der Waals surface area contributed by atoms with E-state index >= 15 is 0 Å². The van der Waals surface area contributed by atoms with Crippen molar-refractivity contribution < 1.29 is 9.53 Å². The standard InChI is InChI=1S/C20H22ClN3O2/c21-16-10-19(12-22-11-16)26-18-3-1-15(2-4-18)20(25)23-17-9-14-5-7-24(13-17)8-6-14/h1-4,10-12,14,17H,5-9,13H2,(H,23,25). The number of nitrogens with zero attached hydrogens (tertiary/aromatic N) is 2. The van der Waals surface area contributed by atoms with Gasteiger partial charge in [-0.1, -0.05) is 11.6 Å². The first-order valence-electron chi connectivity index (χ1n) is 9.07. The Kier molecular flexibility index (Phi) is 5.09. The molecule has 136 valence electrons. The maximum Gasteiger partial charge on any atom is 0.251 e. The van der Waals surface area contributed by atoms with Gasteiger partial charge in [0.25, 0.3) is 5.91 Å². The Balaban J connectivity index is 1.37. The van der Waals surface area contributed by atoms with Crippen molar-refractivity contribution in [1.82, 2.24) is 15.2 Å². The van der Waals surface area contributed by atoms with Crippen LogP contribution in [0.3, 0.4) is 0 Å². The molecule has 4 heterocycles. The van der Waals surface area contributed by atoms with Gasteiger partial charge in [0.05, 0.1) is 11.2 Å². The molecule has 3 fully saturated rings. The number of ether oxygens (including phenoxy) is 1. The van der Waals surface area contributed by atoms with Crippen molar-refractivity contribution in [1.29, 1.82) is 0 Å². The molecule has 1 atom stereocenters. The second-order valence-electron chi connectivity index (χ2n) is 7.12. The highest BCUT2D eigenvalue weighted by atomic mass is 35.5. The van der Waals surface area contributed by atoms with Gasteiger partial charge in [-0.2, -0.15) is 0 Å². The topological polar surface area (TPSA) is 54.5 Å². The summed E-state index contributed by atoms with van der Waals surface area (Å²) >= 11 is 5.91. The average Bonchev–Trinajstić information content (AvgIpc) is 2.94. The molecular weight excluding hydrogens is 350 g/mol. The van der Waals surface area contributed by atoms with Crippen LogP contribution in [0.4, 0.5) is 0 Å². The maximum absolute atomic E-state index is 12.6. The lowest BCUT2D eigenvalue weighted by Gasteiger charge is -2.26. The van der Waals surface area contributed by atoms with Crippen LogP contribution in [0.15, 0.2) is 42.7 Å². The van der Waals surface area contributed by atoms with E-state index in [0.717, 1.165) is 18.9 Å².